The summed E-state index contributed by atoms with van der Waals surface area (Å²) in [6, 6.07) is 8.30. The maximum Gasteiger partial charge on any atom is 0.147 e. The van der Waals surface area contributed by atoms with Crippen molar-refractivity contribution in [2.24, 2.45) is 0 Å². The Kier molecular flexibility index (Phi) is 6.98. The fourth-order valence-corrected chi connectivity index (χ4v) is 8.66. The summed E-state index contributed by atoms with van der Waals surface area (Å²) in [6.07, 6.45) is 0. The summed E-state index contributed by atoms with van der Waals surface area (Å²) in [5.74, 6) is 9.46. The van der Waals surface area contributed by atoms with E-state index >= 15 is 0 Å². The zero-order chi connectivity index (χ0) is 17.6. The molecule has 1 aromatic carbocycles. The van der Waals surface area contributed by atoms with E-state index in [4.69, 9.17) is 0 Å². The minimum atomic E-state index is -1.66. The van der Waals surface area contributed by atoms with Gasteiger partial charge in [0.2, 0.25) is 0 Å². The molecule has 0 fully saturated rings. The molecular formula is C21H31NSi. The Morgan fingerprint density at radius 3 is 1.65 bits per heavy atom. The van der Waals surface area contributed by atoms with Gasteiger partial charge in [0.05, 0.1) is 0 Å². The third-order valence-electron chi connectivity index (χ3n) is 4.80. The summed E-state index contributed by atoms with van der Waals surface area (Å²) in [5.41, 5.74) is 7.80. The van der Waals surface area contributed by atoms with Crippen LogP contribution >= 0.6 is 0 Å². The average molecular weight is 326 g/mol. The summed E-state index contributed by atoms with van der Waals surface area (Å²) in [6.45, 7) is 14.0. The molecule has 23 heavy (non-hydrogen) atoms. The van der Waals surface area contributed by atoms with Crippen LogP contribution in [-0.2, 0) is 0 Å². The fraction of sp³-hybridized carbons (Fsp3) is 0.524. The normalized spacial score (nSPS) is 11.1. The van der Waals surface area contributed by atoms with Gasteiger partial charge in [-0.2, -0.15) is 0 Å². The van der Waals surface area contributed by atoms with E-state index in [-0.39, 0.29) is 0 Å². The molecule has 1 nitrogen and oxygen atoms in total. The Bertz CT molecular complexity index is 594. The third-order valence-corrected chi connectivity index (χ3v) is 11.1. The van der Waals surface area contributed by atoms with Crippen LogP contribution in [0.2, 0.25) is 16.6 Å². The van der Waals surface area contributed by atoms with E-state index in [9.17, 15) is 0 Å². The largest absolute Gasteiger partial charge is 0.378 e. The molecule has 0 amide bonds. The Labute approximate surface area is 144 Å². The molecule has 0 spiro atoms. The number of anilines is 1. The maximum absolute atomic E-state index is 3.64. The first-order valence-corrected chi connectivity index (χ1v) is 10.8. The number of rotatable bonds is 4. The van der Waals surface area contributed by atoms with Gasteiger partial charge in [0, 0.05) is 25.3 Å². The highest BCUT2D eigenvalue weighted by Crippen LogP contribution is 2.40. The van der Waals surface area contributed by atoms with Crippen LogP contribution in [0.3, 0.4) is 0 Å². The molecule has 1 rings (SSSR count). The van der Waals surface area contributed by atoms with E-state index in [0.29, 0.717) is 16.6 Å². The van der Waals surface area contributed by atoms with E-state index < -0.39 is 8.07 Å². The SMILES string of the molecule is CC(C)[Si](C#CC#Cc1ccc(N(C)C)cc1)(C(C)C)C(C)C. The van der Waals surface area contributed by atoms with Crippen LogP contribution in [0.5, 0.6) is 0 Å². The molecule has 124 valence electrons. The average Bonchev–Trinajstić information content (AvgIpc) is 2.46. The molecular weight excluding hydrogens is 294 g/mol. The summed E-state index contributed by atoms with van der Waals surface area (Å²) in [5, 5.41) is 0. The van der Waals surface area contributed by atoms with Gasteiger partial charge in [-0.1, -0.05) is 47.5 Å². The minimum absolute atomic E-state index is 0.649. The van der Waals surface area contributed by atoms with E-state index in [1.165, 1.54) is 5.69 Å². The minimum Gasteiger partial charge on any atom is -0.378 e. The fourth-order valence-electron chi connectivity index (χ4n) is 3.52. The highest BCUT2D eigenvalue weighted by molar-refractivity contribution is 6.90. The Morgan fingerprint density at radius 1 is 0.783 bits per heavy atom. The van der Waals surface area contributed by atoms with Crippen LogP contribution in [0.25, 0.3) is 0 Å². The van der Waals surface area contributed by atoms with Crippen LogP contribution in [-0.4, -0.2) is 22.2 Å². The summed E-state index contributed by atoms with van der Waals surface area (Å²) < 4.78 is 0. The van der Waals surface area contributed by atoms with Gasteiger partial charge in [0.25, 0.3) is 0 Å². The lowest BCUT2D eigenvalue weighted by molar-refractivity contribution is 0.838. The molecule has 0 bridgehead atoms. The summed E-state index contributed by atoms with van der Waals surface area (Å²) >= 11 is 0. The van der Waals surface area contributed by atoms with E-state index in [0.717, 1.165) is 5.56 Å². The van der Waals surface area contributed by atoms with E-state index in [1.807, 2.05) is 14.1 Å². The lowest BCUT2D eigenvalue weighted by atomic mass is 10.2. The molecule has 0 saturated heterocycles. The molecule has 0 heterocycles. The maximum atomic E-state index is 3.64. The monoisotopic (exact) mass is 325 g/mol. The highest BCUT2D eigenvalue weighted by Gasteiger charge is 2.41. The Morgan fingerprint density at radius 2 is 1.26 bits per heavy atom. The number of hydrogen-bond donors (Lipinski definition) is 0. The van der Waals surface area contributed by atoms with Crippen molar-refractivity contribution in [1.29, 1.82) is 0 Å². The molecule has 0 aliphatic carbocycles. The molecule has 0 N–H and O–H groups in total. The van der Waals surface area contributed by atoms with Crippen LogP contribution in [0.15, 0.2) is 24.3 Å². The van der Waals surface area contributed by atoms with Crippen LogP contribution in [0, 0.1) is 23.3 Å². The lowest BCUT2D eigenvalue weighted by Gasteiger charge is -2.37. The van der Waals surface area contributed by atoms with Gasteiger partial charge in [0.1, 0.15) is 8.07 Å². The molecule has 0 aliphatic heterocycles. The van der Waals surface area contributed by atoms with Crippen molar-refractivity contribution in [2.75, 3.05) is 19.0 Å². The van der Waals surface area contributed by atoms with Gasteiger partial charge in [-0.25, -0.2) is 0 Å². The third kappa shape index (κ3) is 4.66. The van der Waals surface area contributed by atoms with E-state index in [1.54, 1.807) is 0 Å². The van der Waals surface area contributed by atoms with Gasteiger partial charge in [0.15, 0.2) is 0 Å². The molecule has 2 heteroatoms. The van der Waals surface area contributed by atoms with Crippen molar-refractivity contribution >= 4 is 13.8 Å². The van der Waals surface area contributed by atoms with Gasteiger partial charge < -0.3 is 4.90 Å². The molecule has 0 radical (unpaired) electrons. The Hall–Kier alpha value is -1.64. The van der Waals surface area contributed by atoms with Crippen molar-refractivity contribution in [2.45, 2.75) is 58.2 Å². The quantitative estimate of drug-likeness (QED) is 0.534. The summed E-state index contributed by atoms with van der Waals surface area (Å²) in [7, 11) is 2.42. The van der Waals surface area contributed by atoms with Crippen LogP contribution < -0.4 is 4.90 Å². The predicted octanol–water partition coefficient (Wildman–Crippen LogP) is 5.33. The molecule has 1 aromatic rings. The van der Waals surface area contributed by atoms with Crippen molar-refractivity contribution < 1.29 is 0 Å². The van der Waals surface area contributed by atoms with Gasteiger partial charge >= 0.3 is 0 Å². The van der Waals surface area contributed by atoms with Gasteiger partial charge in [-0.3, -0.25) is 0 Å². The standard InChI is InChI=1S/C21H31NSi/c1-17(2)23(18(3)4,19(5)6)16-10-9-11-20-12-14-21(15-13-20)22(7)8/h12-15,17-19H,1-8H3. The molecule has 0 unspecified atom stereocenters. The van der Waals surface area contributed by atoms with Crippen molar-refractivity contribution in [3.8, 4) is 23.3 Å². The first-order valence-electron chi connectivity index (χ1n) is 8.52. The Balaban J connectivity index is 3.03. The van der Waals surface area contributed by atoms with Gasteiger partial charge in [-0.05, 0) is 52.7 Å². The molecule has 0 atom stereocenters. The first-order chi connectivity index (χ1) is 10.7. The predicted molar refractivity (Wildman–Crippen MR) is 106 cm³/mol. The van der Waals surface area contributed by atoms with Crippen LogP contribution in [0.4, 0.5) is 5.69 Å². The van der Waals surface area contributed by atoms with E-state index in [2.05, 4.69) is 94.0 Å². The van der Waals surface area contributed by atoms with Crippen molar-refractivity contribution in [3.05, 3.63) is 29.8 Å². The zero-order valence-electron chi connectivity index (χ0n) is 16.0. The summed E-state index contributed by atoms with van der Waals surface area (Å²) in [4.78, 5) is 2.09. The molecule has 0 saturated carbocycles. The van der Waals surface area contributed by atoms with Crippen molar-refractivity contribution in [1.82, 2.24) is 0 Å². The second-order valence-corrected chi connectivity index (χ2v) is 12.9. The second-order valence-electron chi connectivity index (χ2n) is 7.34. The van der Waals surface area contributed by atoms with Crippen LogP contribution in [0.1, 0.15) is 47.1 Å². The topological polar surface area (TPSA) is 3.24 Å². The second kappa shape index (κ2) is 8.28. The zero-order valence-corrected chi connectivity index (χ0v) is 17.0. The van der Waals surface area contributed by atoms with Gasteiger partial charge in [-0.15, -0.1) is 5.54 Å². The lowest BCUT2D eigenvalue weighted by Crippen LogP contribution is -2.43. The molecule has 0 aromatic heterocycles. The molecule has 0 aliphatic rings. The number of hydrogen-bond acceptors (Lipinski definition) is 1. The number of nitrogens with zero attached hydrogens (tertiary/aromatic N) is 1. The smallest absolute Gasteiger partial charge is 0.147 e. The number of benzene rings is 1. The van der Waals surface area contributed by atoms with Crippen molar-refractivity contribution in [3.63, 3.8) is 0 Å². The highest BCUT2D eigenvalue weighted by atomic mass is 28.3. The first kappa shape index (κ1) is 19.4.